The van der Waals surface area contributed by atoms with Gasteiger partial charge < -0.3 is 10.5 Å². The number of nitrogens with two attached hydrogens (primary N) is 1. The molecule has 1 aromatic carbocycles. The number of halogens is 3. The smallest absolute Gasteiger partial charge is 0.405 e. The SMILES string of the molecule is Nc1cn[nH]c1-c1ccccc1OC(F)(F)F. The van der Waals surface area contributed by atoms with Gasteiger partial charge in [0.15, 0.2) is 0 Å². The number of para-hydroxylation sites is 1. The second-order valence-corrected chi connectivity index (χ2v) is 3.24. The summed E-state index contributed by atoms with van der Waals surface area (Å²) >= 11 is 0. The van der Waals surface area contributed by atoms with Gasteiger partial charge in [-0.3, -0.25) is 5.10 Å². The fourth-order valence-corrected chi connectivity index (χ4v) is 1.40. The van der Waals surface area contributed by atoms with Crippen LogP contribution in [0.3, 0.4) is 0 Å². The Labute approximate surface area is 94.2 Å². The Hall–Kier alpha value is -2.18. The molecular weight excluding hydrogens is 235 g/mol. The predicted molar refractivity (Wildman–Crippen MR) is 55.1 cm³/mol. The summed E-state index contributed by atoms with van der Waals surface area (Å²) < 4.78 is 40.5. The van der Waals surface area contributed by atoms with Gasteiger partial charge in [0.2, 0.25) is 0 Å². The van der Waals surface area contributed by atoms with Gasteiger partial charge in [0.05, 0.1) is 17.6 Å². The molecule has 0 radical (unpaired) electrons. The van der Waals surface area contributed by atoms with Gasteiger partial charge >= 0.3 is 6.36 Å². The van der Waals surface area contributed by atoms with E-state index in [4.69, 9.17) is 5.73 Å². The van der Waals surface area contributed by atoms with E-state index in [1.165, 1.54) is 24.4 Å². The number of ether oxygens (including phenoxy) is 1. The highest BCUT2D eigenvalue weighted by Gasteiger charge is 2.32. The Morgan fingerprint density at radius 1 is 1.24 bits per heavy atom. The number of nitrogen functional groups attached to an aromatic ring is 1. The first kappa shape index (κ1) is 11.3. The van der Waals surface area contributed by atoms with Crippen LogP contribution in [0, 0.1) is 0 Å². The highest BCUT2D eigenvalue weighted by molar-refractivity contribution is 5.76. The molecule has 3 N–H and O–H groups in total. The summed E-state index contributed by atoms with van der Waals surface area (Å²) in [5.41, 5.74) is 6.33. The van der Waals surface area contributed by atoms with Crippen molar-refractivity contribution in [3.8, 4) is 17.0 Å². The summed E-state index contributed by atoms with van der Waals surface area (Å²) in [6, 6.07) is 5.70. The number of benzene rings is 1. The Bertz CT molecular complexity index is 522. The fourth-order valence-electron chi connectivity index (χ4n) is 1.40. The van der Waals surface area contributed by atoms with E-state index in [-0.39, 0.29) is 17.0 Å². The molecule has 0 aliphatic heterocycles. The lowest BCUT2D eigenvalue weighted by Gasteiger charge is -2.12. The third-order valence-corrected chi connectivity index (χ3v) is 2.05. The average molecular weight is 243 g/mol. The van der Waals surface area contributed by atoms with Crippen LogP contribution in [-0.2, 0) is 0 Å². The van der Waals surface area contributed by atoms with Crippen LogP contribution in [0.15, 0.2) is 30.5 Å². The number of rotatable bonds is 2. The van der Waals surface area contributed by atoms with Crippen LogP contribution in [0.25, 0.3) is 11.3 Å². The molecule has 0 amide bonds. The number of alkyl halides is 3. The maximum absolute atomic E-state index is 12.2. The maximum atomic E-state index is 12.2. The highest BCUT2D eigenvalue weighted by atomic mass is 19.4. The zero-order chi connectivity index (χ0) is 12.5. The summed E-state index contributed by atoms with van der Waals surface area (Å²) in [5.74, 6) is -0.323. The monoisotopic (exact) mass is 243 g/mol. The maximum Gasteiger partial charge on any atom is 0.573 e. The van der Waals surface area contributed by atoms with Crippen molar-refractivity contribution in [1.82, 2.24) is 10.2 Å². The Balaban J connectivity index is 2.45. The minimum atomic E-state index is -4.75. The molecule has 2 rings (SSSR count). The van der Waals surface area contributed by atoms with Gasteiger partial charge in [-0.15, -0.1) is 13.2 Å². The van der Waals surface area contributed by atoms with Crippen molar-refractivity contribution in [2.75, 3.05) is 5.73 Å². The van der Waals surface area contributed by atoms with Crippen molar-refractivity contribution >= 4 is 5.69 Å². The van der Waals surface area contributed by atoms with Crippen molar-refractivity contribution in [2.45, 2.75) is 6.36 Å². The standard InChI is InChI=1S/C10H8F3N3O/c11-10(12,13)17-8-4-2-1-3-6(8)9-7(14)5-15-16-9/h1-5H,14H2,(H,15,16). The summed E-state index contributed by atoms with van der Waals surface area (Å²) in [5, 5.41) is 6.17. The van der Waals surface area contributed by atoms with E-state index in [0.29, 0.717) is 5.69 Å². The molecule has 0 unspecified atom stereocenters. The summed E-state index contributed by atoms with van der Waals surface area (Å²) in [7, 11) is 0. The van der Waals surface area contributed by atoms with Crippen LogP contribution in [0.4, 0.5) is 18.9 Å². The highest BCUT2D eigenvalue weighted by Crippen LogP contribution is 2.34. The van der Waals surface area contributed by atoms with Crippen LogP contribution in [0.2, 0.25) is 0 Å². The largest absolute Gasteiger partial charge is 0.573 e. The third-order valence-electron chi connectivity index (χ3n) is 2.05. The lowest BCUT2D eigenvalue weighted by atomic mass is 10.1. The molecule has 17 heavy (non-hydrogen) atoms. The van der Waals surface area contributed by atoms with Crippen LogP contribution in [0.1, 0.15) is 0 Å². The summed E-state index contributed by atoms with van der Waals surface area (Å²) in [4.78, 5) is 0. The molecule has 0 aliphatic rings. The molecular formula is C10H8F3N3O. The molecule has 0 bridgehead atoms. The van der Waals surface area contributed by atoms with Crippen LogP contribution < -0.4 is 10.5 Å². The van der Waals surface area contributed by atoms with Gasteiger partial charge in [0.25, 0.3) is 0 Å². The first-order chi connectivity index (χ1) is 7.97. The minimum Gasteiger partial charge on any atom is -0.405 e. The van der Waals surface area contributed by atoms with Crippen molar-refractivity contribution in [2.24, 2.45) is 0 Å². The van der Waals surface area contributed by atoms with E-state index < -0.39 is 6.36 Å². The van der Waals surface area contributed by atoms with Gasteiger partial charge in [-0.05, 0) is 12.1 Å². The number of aromatic nitrogens is 2. The molecule has 2 aromatic rings. The number of nitrogens with one attached hydrogen (secondary N) is 1. The van der Waals surface area contributed by atoms with Gasteiger partial charge in [-0.25, -0.2) is 0 Å². The first-order valence-corrected chi connectivity index (χ1v) is 4.61. The fraction of sp³-hybridized carbons (Fsp3) is 0.100. The Morgan fingerprint density at radius 2 is 1.94 bits per heavy atom. The van der Waals surface area contributed by atoms with Gasteiger partial charge in [0, 0.05) is 5.56 Å². The first-order valence-electron chi connectivity index (χ1n) is 4.61. The normalized spacial score (nSPS) is 11.5. The van der Waals surface area contributed by atoms with E-state index in [1.54, 1.807) is 6.07 Å². The average Bonchev–Trinajstić information content (AvgIpc) is 2.63. The molecule has 4 nitrogen and oxygen atoms in total. The predicted octanol–water partition coefficient (Wildman–Crippen LogP) is 2.56. The van der Waals surface area contributed by atoms with Crippen LogP contribution in [-0.4, -0.2) is 16.6 Å². The Morgan fingerprint density at radius 3 is 2.53 bits per heavy atom. The zero-order valence-electron chi connectivity index (χ0n) is 8.45. The number of hydrogen-bond acceptors (Lipinski definition) is 3. The molecule has 0 fully saturated rings. The van der Waals surface area contributed by atoms with E-state index in [1.807, 2.05) is 0 Å². The quantitative estimate of drug-likeness (QED) is 0.851. The minimum absolute atomic E-state index is 0.208. The van der Waals surface area contributed by atoms with Gasteiger partial charge in [-0.2, -0.15) is 5.10 Å². The van der Waals surface area contributed by atoms with E-state index in [0.717, 1.165) is 0 Å². The number of H-pyrrole nitrogens is 1. The zero-order valence-corrected chi connectivity index (χ0v) is 8.45. The number of hydrogen-bond donors (Lipinski definition) is 2. The van der Waals surface area contributed by atoms with Crippen molar-refractivity contribution < 1.29 is 17.9 Å². The number of aromatic amines is 1. The molecule has 90 valence electrons. The van der Waals surface area contributed by atoms with Crippen molar-refractivity contribution in [3.05, 3.63) is 30.5 Å². The second kappa shape index (κ2) is 4.00. The molecule has 1 aromatic heterocycles. The number of nitrogens with zero attached hydrogens (tertiary/aromatic N) is 1. The van der Waals surface area contributed by atoms with Crippen molar-refractivity contribution in [3.63, 3.8) is 0 Å². The topological polar surface area (TPSA) is 63.9 Å². The lowest BCUT2D eigenvalue weighted by Crippen LogP contribution is -2.17. The molecule has 0 atom stereocenters. The lowest BCUT2D eigenvalue weighted by molar-refractivity contribution is -0.274. The Kier molecular flexibility index (Phi) is 2.66. The van der Waals surface area contributed by atoms with E-state index in [2.05, 4.69) is 14.9 Å². The van der Waals surface area contributed by atoms with Crippen molar-refractivity contribution in [1.29, 1.82) is 0 Å². The number of anilines is 1. The van der Waals surface area contributed by atoms with Crippen LogP contribution >= 0.6 is 0 Å². The molecule has 0 aliphatic carbocycles. The molecule has 1 heterocycles. The van der Waals surface area contributed by atoms with E-state index in [9.17, 15) is 13.2 Å². The molecule has 0 saturated carbocycles. The second-order valence-electron chi connectivity index (χ2n) is 3.24. The summed E-state index contributed by atoms with van der Waals surface area (Å²) in [6.07, 6.45) is -3.43. The molecule has 7 heteroatoms. The summed E-state index contributed by atoms with van der Waals surface area (Å²) in [6.45, 7) is 0. The van der Waals surface area contributed by atoms with Crippen LogP contribution in [0.5, 0.6) is 5.75 Å². The van der Waals surface area contributed by atoms with Gasteiger partial charge in [-0.1, -0.05) is 12.1 Å². The van der Waals surface area contributed by atoms with Gasteiger partial charge in [0.1, 0.15) is 5.75 Å². The third kappa shape index (κ3) is 2.49. The van der Waals surface area contributed by atoms with E-state index >= 15 is 0 Å². The molecule has 0 saturated heterocycles. The molecule has 0 spiro atoms.